The number of rotatable bonds is 3. The molecule has 2 atom stereocenters. The van der Waals surface area contributed by atoms with E-state index in [0.29, 0.717) is 24.0 Å². The van der Waals surface area contributed by atoms with Crippen molar-refractivity contribution in [1.82, 2.24) is 9.80 Å². The molecule has 0 bridgehead atoms. The number of ether oxygens (including phenoxy) is 2. The topological polar surface area (TPSA) is 42.0 Å². The molecule has 5 nitrogen and oxygen atoms in total. The van der Waals surface area contributed by atoms with Gasteiger partial charge in [0, 0.05) is 36.6 Å². The van der Waals surface area contributed by atoms with Crippen LogP contribution in [0.4, 0.5) is 4.79 Å². The number of hydrogen-bond acceptors (Lipinski definition) is 4. The summed E-state index contributed by atoms with van der Waals surface area (Å²) in [5.41, 5.74) is 1.93. The summed E-state index contributed by atoms with van der Waals surface area (Å²) in [6.45, 7) is 13.7. The number of amides is 1. The molecule has 0 aliphatic carbocycles. The monoisotopic (exact) mass is 348 g/mol. The van der Waals surface area contributed by atoms with Gasteiger partial charge in [-0.15, -0.1) is 0 Å². The van der Waals surface area contributed by atoms with Crippen molar-refractivity contribution in [2.75, 3.05) is 39.5 Å². The maximum Gasteiger partial charge on any atom is 0.409 e. The molecule has 25 heavy (non-hydrogen) atoms. The molecule has 140 valence electrons. The maximum absolute atomic E-state index is 12.5. The Bertz CT molecular complexity index is 547. The first kappa shape index (κ1) is 17.3. The van der Waals surface area contributed by atoms with Crippen molar-refractivity contribution in [3.05, 3.63) is 12.2 Å². The van der Waals surface area contributed by atoms with Gasteiger partial charge in [0.15, 0.2) is 0 Å². The van der Waals surface area contributed by atoms with Gasteiger partial charge in [-0.05, 0) is 38.0 Å². The second kappa shape index (κ2) is 6.27. The predicted molar refractivity (Wildman–Crippen MR) is 96.5 cm³/mol. The molecule has 5 heteroatoms. The zero-order valence-corrected chi connectivity index (χ0v) is 15.8. The molecule has 4 fully saturated rings. The highest BCUT2D eigenvalue weighted by Crippen LogP contribution is 2.48. The third kappa shape index (κ3) is 2.89. The first-order chi connectivity index (χ1) is 11.9. The molecule has 1 amide bonds. The first-order valence-electron chi connectivity index (χ1n) is 9.87. The molecule has 4 aliphatic heterocycles. The molecule has 0 aromatic heterocycles. The lowest BCUT2D eigenvalue weighted by molar-refractivity contribution is -0.137. The van der Waals surface area contributed by atoms with Crippen LogP contribution in [0.5, 0.6) is 0 Å². The van der Waals surface area contributed by atoms with Crippen LogP contribution in [0.2, 0.25) is 0 Å². The van der Waals surface area contributed by atoms with Crippen molar-refractivity contribution < 1.29 is 14.3 Å². The number of nitrogens with zero attached hydrogens (tertiary/aromatic N) is 2. The molecule has 4 rings (SSSR count). The Morgan fingerprint density at radius 2 is 2.04 bits per heavy atom. The zero-order valence-electron chi connectivity index (χ0n) is 15.8. The van der Waals surface area contributed by atoms with Crippen molar-refractivity contribution in [1.29, 1.82) is 0 Å². The van der Waals surface area contributed by atoms with Crippen LogP contribution in [0.1, 0.15) is 46.0 Å². The minimum atomic E-state index is -0.129. The summed E-state index contributed by atoms with van der Waals surface area (Å²) < 4.78 is 11.1. The quantitative estimate of drug-likeness (QED) is 0.735. The van der Waals surface area contributed by atoms with Crippen LogP contribution in [-0.4, -0.2) is 66.9 Å². The molecule has 0 aromatic rings. The number of carbonyl (C=O) groups is 1. The number of hydrogen-bond donors (Lipinski definition) is 0. The first-order valence-corrected chi connectivity index (χ1v) is 9.87. The molecule has 4 saturated heterocycles. The molecular formula is C20H32N2O3. The fourth-order valence-electron chi connectivity index (χ4n) is 5.39. The lowest BCUT2D eigenvalue weighted by Crippen LogP contribution is -2.52. The van der Waals surface area contributed by atoms with Crippen molar-refractivity contribution in [2.24, 2.45) is 11.3 Å². The van der Waals surface area contributed by atoms with E-state index in [-0.39, 0.29) is 11.6 Å². The zero-order chi connectivity index (χ0) is 17.7. The Labute approximate surface area is 151 Å². The summed E-state index contributed by atoms with van der Waals surface area (Å²) in [7, 11) is 0. The van der Waals surface area contributed by atoms with Gasteiger partial charge in [-0.2, -0.15) is 0 Å². The van der Waals surface area contributed by atoms with E-state index < -0.39 is 0 Å². The van der Waals surface area contributed by atoms with Gasteiger partial charge >= 0.3 is 6.09 Å². The Morgan fingerprint density at radius 3 is 2.64 bits per heavy atom. The minimum absolute atomic E-state index is 0.129. The summed E-state index contributed by atoms with van der Waals surface area (Å²) in [6.07, 6.45) is 5.39. The fraction of sp³-hybridized carbons (Fsp3) is 0.850. The van der Waals surface area contributed by atoms with Crippen molar-refractivity contribution >= 4 is 6.09 Å². The van der Waals surface area contributed by atoms with Gasteiger partial charge in [-0.25, -0.2) is 4.79 Å². The van der Waals surface area contributed by atoms with E-state index in [0.717, 1.165) is 58.5 Å². The summed E-state index contributed by atoms with van der Waals surface area (Å²) in [4.78, 5) is 16.9. The number of fused-ring (bicyclic) bond motifs is 1. The summed E-state index contributed by atoms with van der Waals surface area (Å²) in [5.74, 6) is 0.607. The van der Waals surface area contributed by atoms with E-state index >= 15 is 0 Å². The van der Waals surface area contributed by atoms with Crippen LogP contribution in [0, 0.1) is 11.3 Å². The van der Waals surface area contributed by atoms with Crippen LogP contribution >= 0.6 is 0 Å². The van der Waals surface area contributed by atoms with E-state index in [1.54, 1.807) is 0 Å². The lowest BCUT2D eigenvalue weighted by Gasteiger charge is -2.46. The Morgan fingerprint density at radius 1 is 1.32 bits per heavy atom. The van der Waals surface area contributed by atoms with Crippen molar-refractivity contribution in [3.63, 3.8) is 0 Å². The van der Waals surface area contributed by atoms with Crippen molar-refractivity contribution in [3.8, 4) is 0 Å². The van der Waals surface area contributed by atoms with Gasteiger partial charge in [-0.3, -0.25) is 4.90 Å². The second-order valence-electron chi connectivity index (χ2n) is 9.06. The van der Waals surface area contributed by atoms with Gasteiger partial charge in [-0.1, -0.05) is 26.0 Å². The molecule has 1 spiro atoms. The highest BCUT2D eigenvalue weighted by atomic mass is 16.6. The molecule has 2 unspecified atom stereocenters. The van der Waals surface area contributed by atoms with Crippen LogP contribution in [0.3, 0.4) is 0 Å². The largest absolute Gasteiger partial charge is 0.448 e. The number of likely N-dealkylation sites (tertiary alicyclic amines) is 1. The summed E-state index contributed by atoms with van der Waals surface area (Å²) >= 11 is 0. The number of piperidine rings is 1. The van der Waals surface area contributed by atoms with Gasteiger partial charge in [0.25, 0.3) is 0 Å². The molecule has 0 aromatic carbocycles. The SMILES string of the molecule is C=C1CN2C(COC(=O)N3CCC4(CC3)COC4)CCC2(C(C)C)C1. The Balaban J connectivity index is 1.30. The van der Waals surface area contributed by atoms with Crippen LogP contribution in [0.15, 0.2) is 12.2 Å². The highest BCUT2D eigenvalue weighted by molar-refractivity contribution is 5.67. The third-order valence-corrected chi connectivity index (χ3v) is 7.25. The second-order valence-corrected chi connectivity index (χ2v) is 9.06. The Kier molecular flexibility index (Phi) is 4.35. The maximum atomic E-state index is 12.5. The smallest absolute Gasteiger partial charge is 0.409 e. The van der Waals surface area contributed by atoms with Crippen LogP contribution in [-0.2, 0) is 9.47 Å². The molecule has 0 N–H and O–H groups in total. The summed E-state index contributed by atoms with van der Waals surface area (Å²) in [6, 6.07) is 0.349. The predicted octanol–water partition coefficient (Wildman–Crippen LogP) is 3.05. The third-order valence-electron chi connectivity index (χ3n) is 7.25. The molecular weight excluding hydrogens is 316 g/mol. The summed E-state index contributed by atoms with van der Waals surface area (Å²) in [5, 5.41) is 0. The van der Waals surface area contributed by atoms with Gasteiger partial charge in [0.1, 0.15) is 6.61 Å². The van der Waals surface area contributed by atoms with Gasteiger partial charge in [0.05, 0.1) is 13.2 Å². The lowest BCUT2D eigenvalue weighted by atomic mass is 9.77. The van der Waals surface area contributed by atoms with E-state index in [1.165, 1.54) is 12.0 Å². The highest BCUT2D eigenvalue weighted by Gasteiger charge is 2.52. The van der Waals surface area contributed by atoms with Gasteiger partial charge in [0.2, 0.25) is 0 Å². The standard InChI is InChI=1S/C20H32N2O3/c1-15(2)20-5-4-17(22(20)11-16(3)10-20)12-25-18(23)21-8-6-19(7-9-21)13-24-14-19/h15,17H,3-14H2,1-2H3. The van der Waals surface area contributed by atoms with Gasteiger partial charge < -0.3 is 14.4 Å². The molecule has 0 saturated carbocycles. The van der Waals surface area contributed by atoms with Crippen LogP contribution < -0.4 is 0 Å². The average Bonchev–Trinajstić information content (AvgIpc) is 3.07. The van der Waals surface area contributed by atoms with Crippen molar-refractivity contribution in [2.45, 2.75) is 57.5 Å². The molecule has 0 radical (unpaired) electrons. The van der Waals surface area contributed by atoms with Crippen LogP contribution in [0.25, 0.3) is 0 Å². The fourth-order valence-corrected chi connectivity index (χ4v) is 5.39. The molecule has 4 heterocycles. The minimum Gasteiger partial charge on any atom is -0.448 e. The van der Waals surface area contributed by atoms with E-state index in [4.69, 9.17) is 9.47 Å². The van der Waals surface area contributed by atoms with E-state index in [2.05, 4.69) is 25.3 Å². The average molecular weight is 348 g/mol. The molecule has 4 aliphatic rings. The number of carbonyl (C=O) groups excluding carboxylic acids is 1. The normalized spacial score (nSPS) is 34.4. The van der Waals surface area contributed by atoms with E-state index in [1.807, 2.05) is 4.90 Å². The Hall–Kier alpha value is -1.07. The van der Waals surface area contributed by atoms with E-state index in [9.17, 15) is 4.79 Å².